The Labute approximate surface area is 118 Å². The minimum absolute atomic E-state index is 0.0431. The van der Waals surface area contributed by atoms with E-state index in [1.807, 2.05) is 0 Å². The van der Waals surface area contributed by atoms with E-state index in [1.54, 1.807) is 0 Å². The largest absolute Gasteiger partial charge is 0.398 e. The van der Waals surface area contributed by atoms with Gasteiger partial charge in [-0.2, -0.15) is 0 Å². The minimum atomic E-state index is -0.802. The number of primary amides is 1. The van der Waals surface area contributed by atoms with E-state index in [0.29, 0.717) is 0 Å². The second kappa shape index (κ2) is 5.74. The summed E-state index contributed by atoms with van der Waals surface area (Å²) in [5.74, 6) is -2.97. The number of hydrogen-bond acceptors (Lipinski definition) is 3. The van der Waals surface area contributed by atoms with Gasteiger partial charge in [-0.05, 0) is 18.2 Å². The van der Waals surface area contributed by atoms with E-state index >= 15 is 0 Å². The van der Waals surface area contributed by atoms with Crippen LogP contribution in [0.3, 0.4) is 0 Å². The summed E-state index contributed by atoms with van der Waals surface area (Å²) in [6.07, 6.45) is 0. The molecule has 4 nitrogen and oxygen atoms in total. The molecule has 0 aliphatic heterocycles. The molecule has 0 aliphatic rings. The average molecular weight is 295 g/mol. The summed E-state index contributed by atoms with van der Waals surface area (Å²) in [4.78, 5) is 11.1. The van der Waals surface area contributed by atoms with E-state index in [1.165, 1.54) is 6.07 Å². The molecule has 0 saturated carbocycles. The Morgan fingerprint density at radius 2 is 1.81 bits per heavy atom. The third-order valence-electron chi connectivity index (χ3n) is 2.89. The maximum absolute atomic E-state index is 13.7. The lowest BCUT2D eigenvalue weighted by Gasteiger charge is -2.11. The maximum atomic E-state index is 13.7. The van der Waals surface area contributed by atoms with Gasteiger partial charge in [-0.15, -0.1) is 0 Å². The molecule has 7 heteroatoms. The van der Waals surface area contributed by atoms with Gasteiger partial charge in [0, 0.05) is 23.9 Å². The molecular weight excluding hydrogens is 283 g/mol. The summed E-state index contributed by atoms with van der Waals surface area (Å²) in [5.41, 5.74) is 10.5. The zero-order valence-electron chi connectivity index (χ0n) is 10.8. The summed E-state index contributed by atoms with van der Waals surface area (Å²) < 4.78 is 39.9. The van der Waals surface area contributed by atoms with Crippen molar-refractivity contribution in [3.05, 3.63) is 58.9 Å². The van der Waals surface area contributed by atoms with Crippen molar-refractivity contribution in [3.8, 4) is 0 Å². The monoisotopic (exact) mass is 295 g/mol. The smallest absolute Gasteiger partial charge is 0.250 e. The van der Waals surface area contributed by atoms with E-state index in [-0.39, 0.29) is 29.0 Å². The highest BCUT2D eigenvalue weighted by Gasteiger charge is 2.12. The first-order chi connectivity index (χ1) is 9.88. The van der Waals surface area contributed by atoms with Crippen molar-refractivity contribution in [1.29, 1.82) is 0 Å². The molecule has 0 aromatic heterocycles. The van der Waals surface area contributed by atoms with Gasteiger partial charge in [0.1, 0.15) is 17.5 Å². The molecule has 0 bridgehead atoms. The van der Waals surface area contributed by atoms with Crippen LogP contribution in [0.2, 0.25) is 0 Å². The van der Waals surface area contributed by atoms with Crippen LogP contribution in [0, 0.1) is 17.5 Å². The Balaban J connectivity index is 2.23. The van der Waals surface area contributed by atoms with Crippen LogP contribution >= 0.6 is 0 Å². The van der Waals surface area contributed by atoms with Gasteiger partial charge in [0.2, 0.25) is 0 Å². The lowest BCUT2D eigenvalue weighted by atomic mass is 10.1. The lowest BCUT2D eigenvalue weighted by molar-refractivity contribution is 0.100. The number of amides is 1. The first kappa shape index (κ1) is 14.7. The molecule has 5 N–H and O–H groups in total. The van der Waals surface area contributed by atoms with E-state index < -0.39 is 23.4 Å². The van der Waals surface area contributed by atoms with Crippen molar-refractivity contribution in [2.75, 3.05) is 11.1 Å². The number of carbonyl (C=O) groups excluding carboxylic acids is 1. The number of anilines is 2. The molecular formula is C14H12F3N3O. The van der Waals surface area contributed by atoms with Gasteiger partial charge in [0.05, 0.1) is 11.3 Å². The van der Waals surface area contributed by atoms with Crippen LogP contribution in [-0.2, 0) is 6.54 Å². The molecule has 0 heterocycles. The standard InChI is InChI=1S/C14H12F3N3O/c15-8-2-1-7(10(16)3-8)6-20-13-4-9(14(19)21)12(18)5-11(13)17/h1-5,20H,6,18H2,(H2,19,21). The molecule has 2 aromatic rings. The Morgan fingerprint density at radius 3 is 2.43 bits per heavy atom. The fraction of sp³-hybridized carbons (Fsp3) is 0.0714. The van der Waals surface area contributed by atoms with Crippen molar-refractivity contribution in [2.24, 2.45) is 5.73 Å². The molecule has 2 aromatic carbocycles. The van der Waals surface area contributed by atoms with E-state index in [4.69, 9.17) is 11.5 Å². The molecule has 0 saturated heterocycles. The summed E-state index contributed by atoms with van der Waals surface area (Å²) in [6.45, 7) is -0.0921. The molecule has 0 aliphatic carbocycles. The number of nitrogen functional groups attached to an aromatic ring is 1. The summed E-state index contributed by atoms with van der Waals surface area (Å²) >= 11 is 0. The number of rotatable bonds is 4. The number of nitrogens with two attached hydrogens (primary N) is 2. The van der Waals surface area contributed by atoms with Gasteiger partial charge in [-0.1, -0.05) is 6.07 Å². The SMILES string of the molecule is NC(=O)c1cc(NCc2ccc(F)cc2F)c(F)cc1N. The lowest BCUT2D eigenvalue weighted by Crippen LogP contribution is -2.15. The first-order valence-corrected chi connectivity index (χ1v) is 5.95. The molecule has 0 fully saturated rings. The second-order valence-corrected chi connectivity index (χ2v) is 4.37. The van der Waals surface area contributed by atoms with Gasteiger partial charge in [-0.3, -0.25) is 4.79 Å². The van der Waals surface area contributed by atoms with Crippen LogP contribution in [-0.4, -0.2) is 5.91 Å². The first-order valence-electron chi connectivity index (χ1n) is 5.95. The van der Waals surface area contributed by atoms with Crippen LogP contribution in [0.4, 0.5) is 24.5 Å². The Hall–Kier alpha value is -2.70. The number of nitrogens with one attached hydrogen (secondary N) is 1. The predicted molar refractivity (Wildman–Crippen MR) is 73.0 cm³/mol. The molecule has 110 valence electrons. The van der Waals surface area contributed by atoms with Crippen LogP contribution in [0.1, 0.15) is 15.9 Å². The van der Waals surface area contributed by atoms with Gasteiger partial charge >= 0.3 is 0 Å². The Bertz CT molecular complexity index is 704. The van der Waals surface area contributed by atoms with Crippen molar-refractivity contribution >= 4 is 17.3 Å². The van der Waals surface area contributed by atoms with Gasteiger partial charge in [-0.25, -0.2) is 13.2 Å². The highest BCUT2D eigenvalue weighted by atomic mass is 19.1. The topological polar surface area (TPSA) is 81.1 Å². The fourth-order valence-electron chi connectivity index (χ4n) is 1.79. The molecule has 0 radical (unpaired) electrons. The van der Waals surface area contributed by atoms with Crippen LogP contribution in [0.25, 0.3) is 0 Å². The maximum Gasteiger partial charge on any atom is 0.250 e. The van der Waals surface area contributed by atoms with Crippen molar-refractivity contribution in [1.82, 2.24) is 0 Å². The predicted octanol–water partition coefficient (Wildman–Crippen LogP) is 2.40. The van der Waals surface area contributed by atoms with Crippen LogP contribution < -0.4 is 16.8 Å². The van der Waals surface area contributed by atoms with Crippen LogP contribution in [0.15, 0.2) is 30.3 Å². The normalized spacial score (nSPS) is 10.4. The third kappa shape index (κ3) is 3.25. The average Bonchev–Trinajstić information content (AvgIpc) is 2.39. The van der Waals surface area contributed by atoms with Gasteiger partial charge < -0.3 is 16.8 Å². The van der Waals surface area contributed by atoms with E-state index in [9.17, 15) is 18.0 Å². The van der Waals surface area contributed by atoms with Crippen molar-refractivity contribution in [2.45, 2.75) is 6.54 Å². The molecule has 0 unspecified atom stereocenters. The Kier molecular flexibility index (Phi) is 4.02. The van der Waals surface area contributed by atoms with E-state index in [2.05, 4.69) is 5.32 Å². The molecule has 1 amide bonds. The number of carbonyl (C=O) groups is 1. The summed E-state index contributed by atoms with van der Waals surface area (Å²) in [6, 6.07) is 5.15. The van der Waals surface area contributed by atoms with Crippen LogP contribution in [0.5, 0.6) is 0 Å². The molecule has 21 heavy (non-hydrogen) atoms. The van der Waals surface area contributed by atoms with Gasteiger partial charge in [0.25, 0.3) is 5.91 Å². The highest BCUT2D eigenvalue weighted by molar-refractivity contribution is 5.99. The molecule has 2 rings (SSSR count). The number of hydrogen-bond donors (Lipinski definition) is 3. The van der Waals surface area contributed by atoms with Crippen molar-refractivity contribution in [3.63, 3.8) is 0 Å². The highest BCUT2D eigenvalue weighted by Crippen LogP contribution is 2.23. The number of benzene rings is 2. The minimum Gasteiger partial charge on any atom is -0.398 e. The van der Waals surface area contributed by atoms with Gasteiger partial charge in [0.15, 0.2) is 0 Å². The second-order valence-electron chi connectivity index (χ2n) is 4.37. The number of halogens is 3. The summed E-state index contributed by atoms with van der Waals surface area (Å²) in [5, 5.41) is 2.61. The zero-order chi connectivity index (χ0) is 15.6. The molecule has 0 spiro atoms. The fourth-order valence-corrected chi connectivity index (χ4v) is 1.79. The van der Waals surface area contributed by atoms with Crippen molar-refractivity contribution < 1.29 is 18.0 Å². The zero-order valence-corrected chi connectivity index (χ0v) is 10.8. The summed E-state index contributed by atoms with van der Waals surface area (Å²) in [7, 11) is 0. The third-order valence-corrected chi connectivity index (χ3v) is 2.89. The molecule has 0 atom stereocenters. The van der Waals surface area contributed by atoms with E-state index in [0.717, 1.165) is 24.3 Å². The Morgan fingerprint density at radius 1 is 1.10 bits per heavy atom. The quantitative estimate of drug-likeness (QED) is 0.758.